The van der Waals surface area contributed by atoms with Crippen molar-refractivity contribution in [1.82, 2.24) is 5.32 Å². The highest BCUT2D eigenvalue weighted by Crippen LogP contribution is 2.20. The first kappa shape index (κ1) is 16.1. The van der Waals surface area contributed by atoms with E-state index in [1.165, 1.54) is 11.3 Å². The number of hydrogen-bond donors (Lipinski definition) is 2. The van der Waals surface area contributed by atoms with Gasteiger partial charge in [0.05, 0.1) is 9.75 Å². The van der Waals surface area contributed by atoms with Crippen molar-refractivity contribution >= 4 is 29.0 Å². The van der Waals surface area contributed by atoms with E-state index in [-0.39, 0.29) is 12.5 Å². The topological polar surface area (TPSA) is 49.3 Å². The molecule has 0 saturated heterocycles. The number of rotatable bonds is 6. The van der Waals surface area contributed by atoms with Gasteiger partial charge in [-0.3, -0.25) is 4.79 Å². The minimum Gasteiger partial charge on any atom is -0.384 e. The molecule has 0 fully saturated rings. The van der Waals surface area contributed by atoms with Gasteiger partial charge < -0.3 is 10.4 Å². The Morgan fingerprint density at radius 1 is 1.53 bits per heavy atom. The summed E-state index contributed by atoms with van der Waals surface area (Å²) in [5.74, 6) is 6.56. The summed E-state index contributed by atoms with van der Waals surface area (Å²) < 4.78 is 0. The quantitative estimate of drug-likeness (QED) is 0.625. The number of thiophene rings is 1. The van der Waals surface area contributed by atoms with Crippen LogP contribution in [0.4, 0.5) is 0 Å². The molecule has 0 aliphatic heterocycles. The molecular weight excluding hydrogens is 278 g/mol. The molecule has 3 nitrogen and oxygen atoms in total. The Labute approximate surface area is 122 Å². The minimum atomic E-state index is -0.158. The number of aryl methyl sites for hydroxylation is 1. The summed E-state index contributed by atoms with van der Waals surface area (Å²) in [5, 5.41) is 11.6. The highest BCUT2D eigenvalue weighted by Gasteiger charge is 2.10. The van der Waals surface area contributed by atoms with Crippen LogP contribution in [0.2, 0.25) is 0 Å². The van der Waals surface area contributed by atoms with E-state index in [9.17, 15) is 4.79 Å². The molecule has 2 N–H and O–H groups in total. The third kappa shape index (κ3) is 5.68. The molecule has 0 spiro atoms. The van der Waals surface area contributed by atoms with E-state index in [2.05, 4.69) is 23.4 Å². The molecule has 1 aromatic rings. The summed E-state index contributed by atoms with van der Waals surface area (Å²) in [6.45, 7) is 2.48. The summed E-state index contributed by atoms with van der Waals surface area (Å²) in [4.78, 5) is 13.4. The van der Waals surface area contributed by atoms with E-state index in [1.54, 1.807) is 0 Å². The average Bonchev–Trinajstić information content (AvgIpc) is 2.77. The highest BCUT2D eigenvalue weighted by molar-refractivity contribution is 7.98. The van der Waals surface area contributed by atoms with Gasteiger partial charge in [-0.25, -0.2) is 0 Å². The van der Waals surface area contributed by atoms with Gasteiger partial charge in [0.2, 0.25) is 0 Å². The molecule has 19 heavy (non-hydrogen) atoms. The van der Waals surface area contributed by atoms with Gasteiger partial charge in [0.25, 0.3) is 5.91 Å². The molecule has 0 radical (unpaired) electrons. The van der Waals surface area contributed by atoms with E-state index in [1.807, 2.05) is 24.8 Å². The van der Waals surface area contributed by atoms with Crippen molar-refractivity contribution in [3.63, 3.8) is 0 Å². The third-order valence-electron chi connectivity index (χ3n) is 2.48. The molecule has 1 amide bonds. The Balaban J connectivity index is 2.48. The second-order valence-corrected chi connectivity index (χ2v) is 6.08. The number of aliphatic hydroxyl groups excluding tert-OH is 1. The maximum Gasteiger partial charge on any atom is 0.261 e. The summed E-state index contributed by atoms with van der Waals surface area (Å²) in [6, 6.07) is 1.85. The number of unbranched alkanes of at least 4 members (excludes halogenated alkanes) is 1. The average molecular weight is 297 g/mol. The summed E-state index contributed by atoms with van der Waals surface area (Å²) in [5.41, 5.74) is 0.985. The molecular formula is C14H19NO2S2. The van der Waals surface area contributed by atoms with Crippen LogP contribution < -0.4 is 5.32 Å². The van der Waals surface area contributed by atoms with Crippen LogP contribution in [0.3, 0.4) is 0 Å². The van der Waals surface area contributed by atoms with Crippen molar-refractivity contribution in [3.05, 3.63) is 21.4 Å². The largest absolute Gasteiger partial charge is 0.384 e. The zero-order chi connectivity index (χ0) is 14.1. The second-order valence-electron chi connectivity index (χ2n) is 4.04. The molecule has 0 aromatic carbocycles. The Bertz CT molecular complexity index is 472. The Kier molecular flexibility index (Phi) is 7.65. The second kappa shape index (κ2) is 9.03. The number of hydrogen-bond acceptors (Lipinski definition) is 4. The lowest BCUT2D eigenvalue weighted by Crippen LogP contribution is -2.23. The van der Waals surface area contributed by atoms with E-state index in [4.69, 9.17) is 5.11 Å². The maximum absolute atomic E-state index is 11.9. The number of thioether (sulfide) groups is 1. The third-order valence-corrected chi connectivity index (χ3v) is 4.33. The molecule has 0 bridgehead atoms. The summed E-state index contributed by atoms with van der Waals surface area (Å²) in [6.07, 6.45) is 4.22. The Morgan fingerprint density at radius 2 is 2.32 bits per heavy atom. The van der Waals surface area contributed by atoms with Gasteiger partial charge in [-0.2, -0.15) is 11.8 Å². The summed E-state index contributed by atoms with van der Waals surface area (Å²) in [7, 11) is 0. The highest BCUT2D eigenvalue weighted by atomic mass is 32.2. The van der Waals surface area contributed by atoms with Gasteiger partial charge in [0.1, 0.15) is 6.61 Å². The number of carbonyl (C=O) groups excluding carboxylic acids is 1. The van der Waals surface area contributed by atoms with Gasteiger partial charge in [0.15, 0.2) is 0 Å². The van der Waals surface area contributed by atoms with Gasteiger partial charge in [-0.05, 0) is 43.4 Å². The van der Waals surface area contributed by atoms with Gasteiger partial charge in [-0.1, -0.05) is 11.8 Å². The lowest BCUT2D eigenvalue weighted by Gasteiger charge is -2.02. The smallest absolute Gasteiger partial charge is 0.261 e. The van der Waals surface area contributed by atoms with E-state index < -0.39 is 0 Å². The van der Waals surface area contributed by atoms with Crippen molar-refractivity contribution in [1.29, 1.82) is 0 Å². The molecule has 104 valence electrons. The van der Waals surface area contributed by atoms with Gasteiger partial charge in [0, 0.05) is 6.54 Å². The van der Waals surface area contributed by atoms with Crippen LogP contribution in [0.25, 0.3) is 0 Å². The lowest BCUT2D eigenvalue weighted by molar-refractivity contribution is 0.0957. The van der Waals surface area contributed by atoms with Crippen LogP contribution in [0.5, 0.6) is 0 Å². The number of nitrogens with one attached hydrogen (secondary N) is 1. The normalized spacial score (nSPS) is 9.84. The molecule has 0 aliphatic rings. The number of carbonyl (C=O) groups is 1. The molecule has 0 aliphatic carbocycles. The van der Waals surface area contributed by atoms with Crippen LogP contribution in [0, 0.1) is 18.8 Å². The van der Waals surface area contributed by atoms with Crippen molar-refractivity contribution in [2.24, 2.45) is 0 Å². The Hall–Kier alpha value is -0.960. The van der Waals surface area contributed by atoms with Crippen LogP contribution in [0.15, 0.2) is 6.07 Å². The van der Waals surface area contributed by atoms with Crippen LogP contribution in [-0.4, -0.2) is 36.2 Å². The number of amides is 1. The van der Waals surface area contributed by atoms with Crippen molar-refractivity contribution < 1.29 is 9.90 Å². The molecule has 1 rings (SSSR count). The number of aliphatic hydroxyl groups is 1. The predicted molar refractivity (Wildman–Crippen MR) is 83.0 cm³/mol. The van der Waals surface area contributed by atoms with E-state index in [0.29, 0.717) is 11.4 Å². The molecule has 0 atom stereocenters. The first-order valence-corrected chi connectivity index (χ1v) is 8.37. The standard InChI is InChI=1S/C14H19NO2S2/c1-11-10-13(19-12(11)6-5-8-16)14(17)15-7-3-4-9-18-2/h10,16H,3-4,7-9H2,1-2H3,(H,15,17). The van der Waals surface area contributed by atoms with Crippen molar-refractivity contribution in [3.8, 4) is 11.8 Å². The lowest BCUT2D eigenvalue weighted by atomic mass is 10.2. The first-order valence-electron chi connectivity index (χ1n) is 6.16. The van der Waals surface area contributed by atoms with Crippen molar-refractivity contribution in [2.45, 2.75) is 19.8 Å². The van der Waals surface area contributed by atoms with Crippen LogP contribution in [-0.2, 0) is 0 Å². The van der Waals surface area contributed by atoms with Crippen LogP contribution >= 0.6 is 23.1 Å². The fourth-order valence-corrected chi connectivity index (χ4v) is 2.95. The molecule has 1 aromatic heterocycles. The molecule has 5 heteroatoms. The monoisotopic (exact) mass is 297 g/mol. The zero-order valence-electron chi connectivity index (χ0n) is 11.3. The first-order chi connectivity index (χ1) is 9.19. The Morgan fingerprint density at radius 3 is 3.00 bits per heavy atom. The van der Waals surface area contributed by atoms with Crippen LogP contribution in [0.1, 0.15) is 33.0 Å². The van der Waals surface area contributed by atoms with Gasteiger partial charge >= 0.3 is 0 Å². The van der Waals surface area contributed by atoms with E-state index in [0.717, 1.165) is 29.0 Å². The van der Waals surface area contributed by atoms with Gasteiger partial charge in [-0.15, -0.1) is 11.3 Å². The molecule has 0 saturated carbocycles. The molecule has 0 unspecified atom stereocenters. The van der Waals surface area contributed by atoms with Crippen molar-refractivity contribution in [2.75, 3.05) is 25.2 Å². The summed E-state index contributed by atoms with van der Waals surface area (Å²) >= 11 is 3.20. The maximum atomic E-state index is 11.9. The van der Waals surface area contributed by atoms with E-state index >= 15 is 0 Å². The SMILES string of the molecule is CSCCCCNC(=O)c1cc(C)c(C#CCO)s1. The zero-order valence-corrected chi connectivity index (χ0v) is 12.9. The fourth-order valence-electron chi connectivity index (χ4n) is 1.50. The predicted octanol–water partition coefficient (Wildman–Crippen LogP) is 2.27. The minimum absolute atomic E-state index is 0.0331. The molecule has 1 heterocycles. The fraction of sp³-hybridized carbons (Fsp3) is 0.500.